The van der Waals surface area contributed by atoms with E-state index < -0.39 is 0 Å². The Kier molecular flexibility index (Phi) is 6.68. The zero-order valence-corrected chi connectivity index (χ0v) is 15.8. The topological polar surface area (TPSA) is 79.3 Å². The second-order valence-corrected chi connectivity index (χ2v) is 7.44. The van der Waals surface area contributed by atoms with Crippen LogP contribution in [0.1, 0.15) is 24.3 Å². The summed E-state index contributed by atoms with van der Waals surface area (Å²) in [6, 6.07) is 16.2. The molecule has 5 nitrogen and oxygen atoms in total. The summed E-state index contributed by atoms with van der Waals surface area (Å²) in [6.45, 7) is 0.122. The molecule has 0 radical (unpaired) electrons. The molecule has 1 aromatic heterocycles. The second-order valence-electron chi connectivity index (χ2n) is 6.33. The van der Waals surface area contributed by atoms with Crippen LogP contribution in [0, 0.1) is 0 Å². The van der Waals surface area contributed by atoms with E-state index in [1.807, 2.05) is 30.3 Å². The highest BCUT2D eigenvalue weighted by Gasteiger charge is 2.11. The average Bonchev–Trinajstić information content (AvgIpc) is 3.08. The van der Waals surface area contributed by atoms with Gasteiger partial charge in [-0.2, -0.15) is 0 Å². The van der Waals surface area contributed by atoms with Gasteiger partial charge in [0, 0.05) is 13.0 Å². The quantitative estimate of drug-likeness (QED) is 0.556. The highest BCUT2D eigenvalue weighted by Crippen LogP contribution is 2.28. The van der Waals surface area contributed by atoms with Gasteiger partial charge in [0.05, 0.1) is 23.2 Å². The highest BCUT2D eigenvalue weighted by atomic mass is 32.1. The van der Waals surface area contributed by atoms with E-state index in [2.05, 4.69) is 28.5 Å². The summed E-state index contributed by atoms with van der Waals surface area (Å²) in [4.78, 5) is 28.3. The molecule has 0 bridgehead atoms. The number of Topliss-reactive ketones (excluding diaryl/α,β-unsaturated/α-hetero) is 1. The maximum atomic E-state index is 12.1. The minimum absolute atomic E-state index is 0.0198. The number of aromatic nitrogens is 1. The van der Waals surface area contributed by atoms with E-state index in [1.165, 1.54) is 11.3 Å². The van der Waals surface area contributed by atoms with E-state index in [0.29, 0.717) is 19.3 Å². The van der Waals surface area contributed by atoms with E-state index in [0.717, 1.165) is 26.4 Å². The fourth-order valence-electron chi connectivity index (χ4n) is 2.78. The first kappa shape index (κ1) is 19.2. The maximum Gasteiger partial charge on any atom is 0.227 e. The molecule has 0 spiro atoms. The Morgan fingerprint density at radius 3 is 2.63 bits per heavy atom. The summed E-state index contributed by atoms with van der Waals surface area (Å²) in [5, 5.41) is 12.1. The number of nitrogens with one attached hydrogen (secondary N) is 1. The number of thiazole rings is 1. The standard InChI is InChI=1S/C21H22N2O3S/c24-11-5-4-8-17(25)14-22-20(26)13-21-23-18-10-9-16(12-19(18)27-21)15-6-2-1-3-7-15/h1-3,6-7,9-10,12,24H,4-5,8,11,13-14H2,(H,22,26). The van der Waals surface area contributed by atoms with Crippen LogP contribution in [0.2, 0.25) is 0 Å². The van der Waals surface area contributed by atoms with Crippen LogP contribution in [0.5, 0.6) is 0 Å². The van der Waals surface area contributed by atoms with Crippen molar-refractivity contribution < 1.29 is 14.7 Å². The predicted octanol–water partition coefficient (Wildman–Crippen LogP) is 3.35. The lowest BCUT2D eigenvalue weighted by Crippen LogP contribution is -2.30. The van der Waals surface area contributed by atoms with Gasteiger partial charge in [-0.05, 0) is 36.1 Å². The molecule has 1 amide bonds. The third-order valence-corrected chi connectivity index (χ3v) is 5.22. The average molecular weight is 382 g/mol. The molecule has 0 aliphatic rings. The molecule has 0 fully saturated rings. The van der Waals surface area contributed by atoms with Crippen LogP contribution in [-0.2, 0) is 16.0 Å². The number of hydrogen-bond acceptors (Lipinski definition) is 5. The molecule has 0 saturated heterocycles. The van der Waals surface area contributed by atoms with Crippen molar-refractivity contribution in [1.29, 1.82) is 0 Å². The van der Waals surface area contributed by atoms with Crippen molar-refractivity contribution in [3.63, 3.8) is 0 Å². The van der Waals surface area contributed by atoms with Gasteiger partial charge in [0.25, 0.3) is 0 Å². The molecule has 3 aromatic rings. The molecule has 0 atom stereocenters. The predicted molar refractivity (Wildman–Crippen MR) is 108 cm³/mol. The van der Waals surface area contributed by atoms with Gasteiger partial charge in [0.1, 0.15) is 5.01 Å². The number of carbonyl (C=O) groups excluding carboxylic acids is 2. The summed E-state index contributed by atoms with van der Waals surface area (Å²) >= 11 is 1.50. The molecule has 2 N–H and O–H groups in total. The zero-order chi connectivity index (χ0) is 19.1. The number of aliphatic hydroxyl groups excluding tert-OH is 1. The van der Waals surface area contributed by atoms with Crippen molar-refractivity contribution >= 4 is 33.2 Å². The largest absolute Gasteiger partial charge is 0.396 e. The van der Waals surface area contributed by atoms with Crippen molar-refractivity contribution in [2.24, 2.45) is 0 Å². The number of fused-ring (bicyclic) bond motifs is 1. The third-order valence-electron chi connectivity index (χ3n) is 4.20. The first-order chi connectivity index (χ1) is 13.2. The van der Waals surface area contributed by atoms with Crippen LogP contribution < -0.4 is 5.32 Å². The second kappa shape index (κ2) is 9.39. The molecule has 0 aliphatic carbocycles. The number of hydrogen-bond donors (Lipinski definition) is 2. The number of unbranched alkanes of at least 4 members (excludes halogenated alkanes) is 1. The lowest BCUT2D eigenvalue weighted by molar-refractivity contribution is -0.124. The number of aliphatic hydroxyl groups is 1. The first-order valence-corrected chi connectivity index (χ1v) is 9.81. The van der Waals surface area contributed by atoms with Crippen LogP contribution in [0.25, 0.3) is 21.3 Å². The normalized spacial score (nSPS) is 10.9. The summed E-state index contributed by atoms with van der Waals surface area (Å²) in [5.74, 6) is -0.221. The number of amides is 1. The van der Waals surface area contributed by atoms with Crippen LogP contribution in [0.4, 0.5) is 0 Å². The number of rotatable bonds is 9. The Morgan fingerprint density at radius 2 is 1.85 bits per heavy atom. The van der Waals surface area contributed by atoms with E-state index in [9.17, 15) is 9.59 Å². The van der Waals surface area contributed by atoms with Gasteiger partial charge < -0.3 is 10.4 Å². The molecule has 140 valence electrons. The van der Waals surface area contributed by atoms with E-state index in [1.54, 1.807) is 0 Å². The zero-order valence-electron chi connectivity index (χ0n) is 15.0. The minimum atomic E-state index is -0.201. The summed E-state index contributed by atoms with van der Waals surface area (Å²) in [5.41, 5.74) is 3.14. The van der Waals surface area contributed by atoms with E-state index in [-0.39, 0.29) is 31.3 Å². The van der Waals surface area contributed by atoms with Gasteiger partial charge >= 0.3 is 0 Å². The van der Waals surface area contributed by atoms with E-state index in [4.69, 9.17) is 5.11 Å². The van der Waals surface area contributed by atoms with Gasteiger partial charge in [0.15, 0.2) is 5.78 Å². The monoisotopic (exact) mass is 382 g/mol. The van der Waals surface area contributed by atoms with Gasteiger partial charge in [-0.1, -0.05) is 36.4 Å². The highest BCUT2D eigenvalue weighted by molar-refractivity contribution is 7.18. The molecule has 6 heteroatoms. The van der Waals surface area contributed by atoms with Crippen molar-refractivity contribution in [1.82, 2.24) is 10.3 Å². The number of benzene rings is 2. The minimum Gasteiger partial charge on any atom is -0.396 e. The lowest BCUT2D eigenvalue weighted by atomic mass is 10.1. The molecule has 2 aromatic carbocycles. The van der Waals surface area contributed by atoms with Crippen LogP contribution >= 0.6 is 11.3 Å². The van der Waals surface area contributed by atoms with E-state index >= 15 is 0 Å². The van der Waals surface area contributed by atoms with Gasteiger partial charge in [-0.3, -0.25) is 9.59 Å². The van der Waals surface area contributed by atoms with Crippen molar-refractivity contribution in [3.05, 3.63) is 53.5 Å². The van der Waals surface area contributed by atoms with Crippen LogP contribution in [-0.4, -0.2) is 34.9 Å². The molecule has 0 saturated carbocycles. The maximum absolute atomic E-state index is 12.1. The fraction of sp³-hybridized carbons (Fsp3) is 0.286. The summed E-state index contributed by atoms with van der Waals surface area (Å²) < 4.78 is 1.04. The molecule has 3 rings (SSSR count). The Balaban J connectivity index is 1.59. The van der Waals surface area contributed by atoms with Gasteiger partial charge in [0.2, 0.25) is 5.91 Å². The van der Waals surface area contributed by atoms with Crippen molar-refractivity contribution in [3.8, 4) is 11.1 Å². The smallest absolute Gasteiger partial charge is 0.227 e. The fourth-order valence-corrected chi connectivity index (χ4v) is 3.78. The van der Waals surface area contributed by atoms with Crippen LogP contribution in [0.15, 0.2) is 48.5 Å². The SMILES string of the molecule is O=C(CCCCO)CNC(=O)Cc1nc2ccc(-c3ccccc3)cc2s1. The molecule has 0 unspecified atom stereocenters. The Hall–Kier alpha value is -2.57. The van der Waals surface area contributed by atoms with Gasteiger partial charge in [-0.25, -0.2) is 4.98 Å². The molecule has 27 heavy (non-hydrogen) atoms. The summed E-state index contributed by atoms with van der Waals surface area (Å²) in [6.07, 6.45) is 1.80. The molecule has 0 aliphatic heterocycles. The third kappa shape index (κ3) is 5.45. The molecular formula is C21H22N2O3S. The molecular weight excluding hydrogens is 360 g/mol. The lowest BCUT2D eigenvalue weighted by Gasteiger charge is -2.03. The number of ketones is 1. The number of nitrogens with zero attached hydrogens (tertiary/aromatic N) is 1. The summed E-state index contributed by atoms with van der Waals surface area (Å²) in [7, 11) is 0. The molecule has 1 heterocycles. The van der Waals surface area contributed by atoms with Gasteiger partial charge in [-0.15, -0.1) is 11.3 Å². The van der Waals surface area contributed by atoms with Crippen molar-refractivity contribution in [2.75, 3.05) is 13.2 Å². The first-order valence-electron chi connectivity index (χ1n) is 9.00. The Labute approximate surface area is 162 Å². The van der Waals surface area contributed by atoms with Crippen molar-refractivity contribution in [2.45, 2.75) is 25.7 Å². The van der Waals surface area contributed by atoms with Crippen LogP contribution in [0.3, 0.4) is 0 Å². The number of carbonyl (C=O) groups is 2. The Morgan fingerprint density at radius 1 is 1.04 bits per heavy atom. The Bertz CT molecular complexity index is 922.